The molecule has 3 nitrogen and oxygen atoms in total. The highest BCUT2D eigenvalue weighted by Crippen LogP contribution is 2.26. The van der Waals surface area contributed by atoms with E-state index >= 15 is 0 Å². The maximum Gasteiger partial charge on any atom is 0.146 e. The van der Waals surface area contributed by atoms with Gasteiger partial charge in [-0.1, -0.05) is 17.7 Å². The molecule has 0 saturated heterocycles. The van der Waals surface area contributed by atoms with Crippen LogP contribution in [-0.4, -0.2) is 0 Å². The van der Waals surface area contributed by atoms with E-state index in [0.29, 0.717) is 23.9 Å². The lowest BCUT2D eigenvalue weighted by Crippen LogP contribution is -1.96. The molecule has 2 rings (SSSR count). The number of nitrogens with two attached hydrogens (primary N) is 1. The molecule has 0 aliphatic heterocycles. The summed E-state index contributed by atoms with van der Waals surface area (Å²) in [6.07, 6.45) is 0. The lowest BCUT2D eigenvalue weighted by molar-refractivity contribution is 0.267. The van der Waals surface area contributed by atoms with Crippen LogP contribution in [0.2, 0.25) is 5.02 Å². The van der Waals surface area contributed by atoms with Gasteiger partial charge in [0, 0.05) is 12.1 Å². The van der Waals surface area contributed by atoms with Crippen LogP contribution in [-0.2, 0) is 13.2 Å². The SMILES string of the molecule is Cc1ccc(OCc2cc(CN)c(C)o2)c(Cl)c1. The van der Waals surface area contributed by atoms with Gasteiger partial charge in [0.1, 0.15) is 23.9 Å². The van der Waals surface area contributed by atoms with E-state index in [0.717, 1.165) is 22.6 Å². The molecule has 18 heavy (non-hydrogen) atoms. The van der Waals surface area contributed by atoms with Crippen LogP contribution in [0.4, 0.5) is 0 Å². The molecule has 1 heterocycles. The summed E-state index contributed by atoms with van der Waals surface area (Å²) in [5.41, 5.74) is 7.70. The monoisotopic (exact) mass is 265 g/mol. The Morgan fingerprint density at radius 3 is 2.67 bits per heavy atom. The molecule has 0 spiro atoms. The van der Waals surface area contributed by atoms with Gasteiger partial charge in [0.05, 0.1) is 5.02 Å². The molecule has 1 aromatic heterocycles. The summed E-state index contributed by atoms with van der Waals surface area (Å²) in [5.74, 6) is 2.25. The summed E-state index contributed by atoms with van der Waals surface area (Å²) in [5, 5.41) is 0.609. The predicted molar refractivity (Wildman–Crippen MR) is 71.9 cm³/mol. The smallest absolute Gasteiger partial charge is 0.146 e. The third kappa shape index (κ3) is 2.86. The average molecular weight is 266 g/mol. The van der Waals surface area contributed by atoms with Gasteiger partial charge in [-0.05, 0) is 37.6 Å². The Balaban J connectivity index is 2.06. The van der Waals surface area contributed by atoms with Crippen molar-refractivity contribution < 1.29 is 9.15 Å². The van der Waals surface area contributed by atoms with Crippen LogP contribution in [0.25, 0.3) is 0 Å². The summed E-state index contributed by atoms with van der Waals surface area (Å²) < 4.78 is 11.2. The molecule has 0 atom stereocenters. The summed E-state index contributed by atoms with van der Waals surface area (Å²) in [4.78, 5) is 0. The first kappa shape index (κ1) is 13.0. The largest absolute Gasteiger partial charge is 0.484 e. The summed E-state index contributed by atoms with van der Waals surface area (Å²) in [7, 11) is 0. The van der Waals surface area contributed by atoms with Gasteiger partial charge in [-0.3, -0.25) is 0 Å². The van der Waals surface area contributed by atoms with Crippen molar-refractivity contribution in [3.8, 4) is 5.75 Å². The fourth-order valence-electron chi connectivity index (χ4n) is 1.73. The molecule has 0 unspecified atom stereocenters. The molecule has 0 aliphatic rings. The number of furan rings is 1. The van der Waals surface area contributed by atoms with Crippen molar-refractivity contribution in [3.05, 3.63) is 51.9 Å². The van der Waals surface area contributed by atoms with E-state index in [2.05, 4.69) is 0 Å². The van der Waals surface area contributed by atoms with Gasteiger partial charge in [0.2, 0.25) is 0 Å². The van der Waals surface area contributed by atoms with Crippen molar-refractivity contribution in [2.24, 2.45) is 5.73 Å². The Labute approximate surface area is 111 Å². The highest BCUT2D eigenvalue weighted by atomic mass is 35.5. The maximum absolute atomic E-state index is 6.08. The van der Waals surface area contributed by atoms with Gasteiger partial charge >= 0.3 is 0 Å². The molecule has 2 N–H and O–H groups in total. The van der Waals surface area contributed by atoms with E-state index in [9.17, 15) is 0 Å². The van der Waals surface area contributed by atoms with Crippen molar-refractivity contribution in [3.63, 3.8) is 0 Å². The zero-order valence-electron chi connectivity index (χ0n) is 10.5. The van der Waals surface area contributed by atoms with Gasteiger partial charge in [-0.2, -0.15) is 0 Å². The highest BCUT2D eigenvalue weighted by Gasteiger charge is 2.08. The molecule has 96 valence electrons. The Bertz CT molecular complexity index is 549. The first-order chi connectivity index (χ1) is 8.60. The molecule has 1 aromatic carbocycles. The zero-order valence-corrected chi connectivity index (χ0v) is 11.3. The minimum Gasteiger partial charge on any atom is -0.484 e. The molecule has 0 aliphatic carbocycles. The minimum atomic E-state index is 0.351. The average Bonchev–Trinajstić information content (AvgIpc) is 2.69. The van der Waals surface area contributed by atoms with Gasteiger partial charge in [0.25, 0.3) is 0 Å². The Morgan fingerprint density at radius 2 is 2.06 bits per heavy atom. The van der Waals surface area contributed by atoms with Crippen LogP contribution in [0.15, 0.2) is 28.7 Å². The van der Waals surface area contributed by atoms with E-state index in [1.54, 1.807) is 0 Å². The van der Waals surface area contributed by atoms with E-state index in [4.69, 9.17) is 26.5 Å². The Hall–Kier alpha value is -1.45. The van der Waals surface area contributed by atoms with Crippen molar-refractivity contribution in [1.29, 1.82) is 0 Å². The van der Waals surface area contributed by atoms with Crippen molar-refractivity contribution in [2.75, 3.05) is 0 Å². The topological polar surface area (TPSA) is 48.4 Å². The predicted octanol–water partition coefficient (Wildman–Crippen LogP) is 3.59. The van der Waals surface area contributed by atoms with Crippen LogP contribution in [0.5, 0.6) is 5.75 Å². The van der Waals surface area contributed by atoms with Gasteiger partial charge in [-0.15, -0.1) is 0 Å². The number of halogens is 1. The number of aryl methyl sites for hydroxylation is 2. The van der Waals surface area contributed by atoms with E-state index in [1.807, 2.05) is 38.1 Å². The molecular weight excluding hydrogens is 250 g/mol. The fraction of sp³-hybridized carbons (Fsp3) is 0.286. The molecular formula is C14H16ClNO2. The van der Waals surface area contributed by atoms with Crippen LogP contribution in [0.1, 0.15) is 22.6 Å². The fourth-order valence-corrected chi connectivity index (χ4v) is 2.02. The van der Waals surface area contributed by atoms with Crippen LogP contribution >= 0.6 is 11.6 Å². The second-order valence-electron chi connectivity index (χ2n) is 4.22. The van der Waals surface area contributed by atoms with Gasteiger partial charge in [0.15, 0.2) is 0 Å². The number of hydrogen-bond donors (Lipinski definition) is 1. The normalized spacial score (nSPS) is 10.7. The molecule has 4 heteroatoms. The summed E-state index contributed by atoms with van der Waals surface area (Å²) >= 11 is 6.08. The molecule has 0 bridgehead atoms. The van der Waals surface area contributed by atoms with Crippen molar-refractivity contribution in [2.45, 2.75) is 27.0 Å². The van der Waals surface area contributed by atoms with E-state index in [-0.39, 0.29) is 0 Å². The first-order valence-corrected chi connectivity index (χ1v) is 6.15. The zero-order chi connectivity index (χ0) is 13.1. The summed E-state index contributed by atoms with van der Waals surface area (Å²) in [6.45, 7) is 4.70. The maximum atomic E-state index is 6.08. The molecule has 0 radical (unpaired) electrons. The Kier molecular flexibility index (Phi) is 3.94. The minimum absolute atomic E-state index is 0.351. The van der Waals surface area contributed by atoms with Gasteiger partial charge in [-0.25, -0.2) is 0 Å². The lowest BCUT2D eigenvalue weighted by atomic mass is 10.2. The van der Waals surface area contributed by atoms with Crippen LogP contribution in [0, 0.1) is 13.8 Å². The lowest BCUT2D eigenvalue weighted by Gasteiger charge is -2.06. The molecule has 0 amide bonds. The molecule has 0 fully saturated rings. The van der Waals surface area contributed by atoms with Crippen molar-refractivity contribution in [1.82, 2.24) is 0 Å². The van der Waals surface area contributed by atoms with E-state index < -0.39 is 0 Å². The first-order valence-electron chi connectivity index (χ1n) is 5.77. The number of benzene rings is 1. The second kappa shape index (κ2) is 5.46. The molecule has 0 saturated carbocycles. The second-order valence-corrected chi connectivity index (χ2v) is 4.63. The van der Waals surface area contributed by atoms with Crippen molar-refractivity contribution >= 4 is 11.6 Å². The van der Waals surface area contributed by atoms with Gasteiger partial charge < -0.3 is 14.9 Å². The third-order valence-corrected chi connectivity index (χ3v) is 3.04. The van der Waals surface area contributed by atoms with Crippen LogP contribution < -0.4 is 10.5 Å². The van der Waals surface area contributed by atoms with E-state index in [1.165, 1.54) is 0 Å². The Morgan fingerprint density at radius 1 is 1.28 bits per heavy atom. The summed E-state index contributed by atoms with van der Waals surface area (Å²) in [6, 6.07) is 7.60. The standard InChI is InChI=1S/C14H16ClNO2/c1-9-3-4-14(13(15)5-9)17-8-12-6-11(7-16)10(2)18-12/h3-6H,7-8,16H2,1-2H3. The third-order valence-electron chi connectivity index (χ3n) is 2.75. The highest BCUT2D eigenvalue weighted by molar-refractivity contribution is 6.32. The number of hydrogen-bond acceptors (Lipinski definition) is 3. The van der Waals surface area contributed by atoms with Crippen LogP contribution in [0.3, 0.4) is 0 Å². The molecule has 2 aromatic rings. The number of rotatable bonds is 4. The number of ether oxygens (including phenoxy) is 1. The quantitative estimate of drug-likeness (QED) is 0.919.